The van der Waals surface area contributed by atoms with E-state index in [1.807, 2.05) is 18.2 Å². The average molecular weight is 213 g/mol. The first-order valence-electron chi connectivity index (χ1n) is 4.73. The minimum atomic E-state index is 1.35. The van der Waals surface area contributed by atoms with Crippen molar-refractivity contribution in [1.82, 2.24) is 4.98 Å². The van der Waals surface area contributed by atoms with Crippen molar-refractivity contribution < 1.29 is 0 Å². The first-order valence-corrected chi connectivity index (χ1v) is 5.67. The van der Waals surface area contributed by atoms with Crippen molar-refractivity contribution in [2.75, 3.05) is 0 Å². The van der Waals surface area contributed by atoms with E-state index in [2.05, 4.69) is 40.0 Å². The van der Waals surface area contributed by atoms with Crippen molar-refractivity contribution in [3.63, 3.8) is 0 Å². The SMILES string of the molecule is c1ccc2cscc2c1.c1ccncc1. The van der Waals surface area contributed by atoms with Gasteiger partial charge in [0, 0.05) is 12.4 Å². The van der Waals surface area contributed by atoms with E-state index in [9.17, 15) is 0 Å². The number of hydrogen-bond donors (Lipinski definition) is 0. The lowest BCUT2D eigenvalue weighted by Gasteiger charge is -1.82. The smallest absolute Gasteiger partial charge is 0.0267 e. The highest BCUT2D eigenvalue weighted by atomic mass is 32.1. The van der Waals surface area contributed by atoms with Crippen LogP contribution >= 0.6 is 11.3 Å². The zero-order chi connectivity index (χ0) is 10.3. The fourth-order valence-corrected chi connectivity index (χ4v) is 2.01. The van der Waals surface area contributed by atoms with E-state index >= 15 is 0 Å². The van der Waals surface area contributed by atoms with E-state index in [0.717, 1.165) is 0 Å². The molecular formula is C13H11NS. The maximum atomic E-state index is 3.78. The molecule has 0 saturated heterocycles. The second kappa shape index (κ2) is 5.27. The van der Waals surface area contributed by atoms with Crippen molar-refractivity contribution >= 4 is 22.1 Å². The highest BCUT2D eigenvalue weighted by Gasteiger charge is 1.87. The lowest BCUT2D eigenvalue weighted by molar-refractivity contribution is 1.33. The number of fused-ring (bicyclic) bond motifs is 1. The molecule has 0 aliphatic heterocycles. The van der Waals surface area contributed by atoms with E-state index in [0.29, 0.717) is 0 Å². The molecule has 0 saturated carbocycles. The van der Waals surface area contributed by atoms with Gasteiger partial charge in [-0.2, -0.15) is 11.3 Å². The average Bonchev–Trinajstić information content (AvgIpc) is 2.80. The fourth-order valence-electron chi connectivity index (χ4n) is 1.22. The van der Waals surface area contributed by atoms with Crippen LogP contribution in [0.15, 0.2) is 65.6 Å². The number of nitrogens with zero attached hydrogens (tertiary/aromatic N) is 1. The van der Waals surface area contributed by atoms with Crippen LogP contribution in [-0.4, -0.2) is 4.98 Å². The Balaban J connectivity index is 0.000000124. The molecule has 74 valence electrons. The van der Waals surface area contributed by atoms with Gasteiger partial charge in [-0.25, -0.2) is 0 Å². The van der Waals surface area contributed by atoms with E-state index in [1.165, 1.54) is 10.8 Å². The molecule has 0 radical (unpaired) electrons. The van der Waals surface area contributed by atoms with Crippen molar-refractivity contribution in [2.24, 2.45) is 0 Å². The van der Waals surface area contributed by atoms with Gasteiger partial charge in [0.15, 0.2) is 0 Å². The predicted octanol–water partition coefficient (Wildman–Crippen LogP) is 3.98. The highest BCUT2D eigenvalue weighted by Crippen LogP contribution is 2.17. The van der Waals surface area contributed by atoms with Crippen LogP contribution in [-0.2, 0) is 0 Å². The standard InChI is InChI=1S/C8H6S.C5H5N/c1-2-4-8-6-9-5-7(8)3-1;1-2-4-6-5-3-1/h1-6H;1-5H. The van der Waals surface area contributed by atoms with Crippen LogP contribution in [0.25, 0.3) is 10.8 Å². The van der Waals surface area contributed by atoms with Crippen molar-refractivity contribution in [2.45, 2.75) is 0 Å². The van der Waals surface area contributed by atoms with Crippen LogP contribution in [0, 0.1) is 0 Å². The van der Waals surface area contributed by atoms with E-state index in [4.69, 9.17) is 0 Å². The second-order valence-electron chi connectivity index (χ2n) is 3.03. The molecular weight excluding hydrogens is 202 g/mol. The van der Waals surface area contributed by atoms with Gasteiger partial charge < -0.3 is 0 Å². The molecule has 0 amide bonds. The summed E-state index contributed by atoms with van der Waals surface area (Å²) < 4.78 is 0. The third-order valence-electron chi connectivity index (χ3n) is 1.95. The minimum Gasteiger partial charge on any atom is -0.265 e. The number of hydrogen-bond acceptors (Lipinski definition) is 2. The summed E-state index contributed by atoms with van der Waals surface area (Å²) in [5, 5.41) is 7.02. The maximum absolute atomic E-state index is 3.78. The molecule has 3 aromatic rings. The summed E-state index contributed by atoms with van der Waals surface area (Å²) in [5.74, 6) is 0. The summed E-state index contributed by atoms with van der Waals surface area (Å²) in [4.78, 5) is 3.78. The first-order chi connectivity index (χ1) is 7.47. The third-order valence-corrected chi connectivity index (χ3v) is 2.73. The fraction of sp³-hybridized carbons (Fsp3) is 0. The second-order valence-corrected chi connectivity index (χ2v) is 3.77. The van der Waals surface area contributed by atoms with Gasteiger partial charge in [0.2, 0.25) is 0 Å². The molecule has 0 bridgehead atoms. The molecule has 2 heteroatoms. The largest absolute Gasteiger partial charge is 0.265 e. The summed E-state index contributed by atoms with van der Waals surface area (Å²) >= 11 is 1.75. The lowest BCUT2D eigenvalue weighted by atomic mass is 10.2. The summed E-state index contributed by atoms with van der Waals surface area (Å²) in [5.41, 5.74) is 0. The minimum absolute atomic E-state index is 1.35. The monoisotopic (exact) mass is 213 g/mol. The van der Waals surface area contributed by atoms with Gasteiger partial charge in [0.05, 0.1) is 0 Å². The van der Waals surface area contributed by atoms with Gasteiger partial charge in [0.1, 0.15) is 0 Å². The number of aromatic nitrogens is 1. The van der Waals surface area contributed by atoms with E-state index in [1.54, 1.807) is 23.7 Å². The van der Waals surface area contributed by atoms with Crippen molar-refractivity contribution in [3.8, 4) is 0 Å². The highest BCUT2D eigenvalue weighted by molar-refractivity contribution is 7.09. The Morgan fingerprint density at radius 2 is 1.33 bits per heavy atom. The molecule has 0 aliphatic carbocycles. The van der Waals surface area contributed by atoms with Gasteiger partial charge in [-0.15, -0.1) is 0 Å². The molecule has 0 unspecified atom stereocenters. The van der Waals surface area contributed by atoms with Gasteiger partial charge in [-0.05, 0) is 33.7 Å². The Morgan fingerprint density at radius 3 is 1.73 bits per heavy atom. The van der Waals surface area contributed by atoms with Gasteiger partial charge in [-0.3, -0.25) is 4.98 Å². The van der Waals surface area contributed by atoms with Gasteiger partial charge >= 0.3 is 0 Å². The number of rotatable bonds is 0. The van der Waals surface area contributed by atoms with Crippen LogP contribution in [0.4, 0.5) is 0 Å². The normalized spacial score (nSPS) is 9.33. The summed E-state index contributed by atoms with van der Waals surface area (Å²) in [6.45, 7) is 0. The molecule has 0 fully saturated rings. The first kappa shape index (κ1) is 9.87. The van der Waals surface area contributed by atoms with Gasteiger partial charge in [-0.1, -0.05) is 30.3 Å². The topological polar surface area (TPSA) is 12.9 Å². The molecule has 0 N–H and O–H groups in total. The molecule has 3 rings (SSSR count). The van der Waals surface area contributed by atoms with Crippen LogP contribution < -0.4 is 0 Å². The van der Waals surface area contributed by atoms with Crippen LogP contribution in [0.3, 0.4) is 0 Å². The zero-order valence-electron chi connectivity index (χ0n) is 8.21. The molecule has 2 aromatic heterocycles. The van der Waals surface area contributed by atoms with Crippen molar-refractivity contribution in [3.05, 3.63) is 65.6 Å². The summed E-state index contributed by atoms with van der Waals surface area (Å²) in [6, 6.07) is 14.1. The number of pyridine rings is 1. The molecule has 2 heterocycles. The number of benzene rings is 1. The maximum Gasteiger partial charge on any atom is 0.0267 e. The molecule has 0 spiro atoms. The Kier molecular flexibility index (Phi) is 3.47. The van der Waals surface area contributed by atoms with E-state index in [-0.39, 0.29) is 0 Å². The molecule has 15 heavy (non-hydrogen) atoms. The Labute approximate surface area is 93.0 Å². The predicted molar refractivity (Wildman–Crippen MR) is 66.1 cm³/mol. The Morgan fingerprint density at radius 1 is 0.733 bits per heavy atom. The quantitative estimate of drug-likeness (QED) is 0.550. The van der Waals surface area contributed by atoms with Gasteiger partial charge in [0.25, 0.3) is 0 Å². The Hall–Kier alpha value is -1.67. The third kappa shape index (κ3) is 2.89. The summed E-state index contributed by atoms with van der Waals surface area (Å²) in [6.07, 6.45) is 3.50. The van der Waals surface area contributed by atoms with Crippen LogP contribution in [0.5, 0.6) is 0 Å². The molecule has 1 aromatic carbocycles. The van der Waals surface area contributed by atoms with Crippen LogP contribution in [0.2, 0.25) is 0 Å². The zero-order valence-corrected chi connectivity index (χ0v) is 9.02. The van der Waals surface area contributed by atoms with Crippen molar-refractivity contribution in [1.29, 1.82) is 0 Å². The summed E-state index contributed by atoms with van der Waals surface area (Å²) in [7, 11) is 0. The molecule has 1 nitrogen and oxygen atoms in total. The van der Waals surface area contributed by atoms with E-state index < -0.39 is 0 Å². The Bertz CT molecular complexity index is 445. The lowest BCUT2D eigenvalue weighted by Crippen LogP contribution is -1.58. The number of thiophene rings is 1. The van der Waals surface area contributed by atoms with Crippen LogP contribution in [0.1, 0.15) is 0 Å². The molecule has 0 atom stereocenters. The molecule has 0 aliphatic rings.